The van der Waals surface area contributed by atoms with E-state index in [-0.39, 0.29) is 0 Å². The predicted molar refractivity (Wildman–Crippen MR) is 66.0 cm³/mol. The maximum Gasteiger partial charge on any atom is 0.130 e. The number of benzene rings is 1. The number of hydrogen-bond donors (Lipinski definition) is 0. The summed E-state index contributed by atoms with van der Waals surface area (Å²) in [6.45, 7) is 11.3. The number of alkyl halides is 1. The molecule has 1 aromatic rings. The molecule has 0 bridgehead atoms. The second-order valence-corrected chi connectivity index (χ2v) is 3.92. The minimum atomic E-state index is -1.23. The van der Waals surface area contributed by atoms with Crippen molar-refractivity contribution < 1.29 is 4.39 Å². The average Bonchev–Trinajstić information content (AvgIpc) is 2.19. The SMILES string of the molecule is CC.CCc1cccc(C(C)(C)F)c1C. The molecule has 86 valence electrons. The Morgan fingerprint density at radius 1 is 1.20 bits per heavy atom. The Balaban J connectivity index is 0.000000921. The zero-order chi connectivity index (χ0) is 12.1. The van der Waals surface area contributed by atoms with Gasteiger partial charge < -0.3 is 0 Å². The lowest BCUT2D eigenvalue weighted by Gasteiger charge is -2.19. The smallest absolute Gasteiger partial charge is 0.130 e. The standard InChI is InChI=1S/C12H17F.C2H6/c1-5-10-7-6-8-11(9(10)2)12(3,4)13;1-2/h6-8H,5H2,1-4H3;1-2H3. The molecule has 1 aromatic carbocycles. The second kappa shape index (κ2) is 5.89. The van der Waals surface area contributed by atoms with Crippen molar-refractivity contribution in [3.8, 4) is 0 Å². The third-order valence-electron chi connectivity index (χ3n) is 2.47. The van der Waals surface area contributed by atoms with Crippen LogP contribution in [0.1, 0.15) is 51.3 Å². The highest BCUT2D eigenvalue weighted by Crippen LogP contribution is 2.29. The maximum atomic E-state index is 13.7. The Kier molecular flexibility index (Phi) is 5.56. The fourth-order valence-corrected chi connectivity index (χ4v) is 1.71. The summed E-state index contributed by atoms with van der Waals surface area (Å²) in [7, 11) is 0. The molecule has 0 fully saturated rings. The highest BCUT2D eigenvalue weighted by molar-refractivity contribution is 5.37. The van der Waals surface area contributed by atoms with Crippen LogP contribution in [0, 0.1) is 6.92 Å². The molecule has 0 radical (unpaired) electrons. The van der Waals surface area contributed by atoms with Gasteiger partial charge in [-0.1, -0.05) is 39.0 Å². The molecule has 0 atom stereocenters. The van der Waals surface area contributed by atoms with Crippen molar-refractivity contribution in [3.63, 3.8) is 0 Å². The number of hydrogen-bond acceptors (Lipinski definition) is 0. The van der Waals surface area contributed by atoms with Gasteiger partial charge in [0.05, 0.1) is 0 Å². The molecule has 0 aliphatic heterocycles. The quantitative estimate of drug-likeness (QED) is 0.658. The van der Waals surface area contributed by atoms with Gasteiger partial charge in [-0.25, -0.2) is 4.39 Å². The molecule has 0 aliphatic rings. The second-order valence-electron chi connectivity index (χ2n) is 3.92. The van der Waals surface area contributed by atoms with Crippen LogP contribution in [0.3, 0.4) is 0 Å². The van der Waals surface area contributed by atoms with Gasteiger partial charge in [0.1, 0.15) is 5.67 Å². The number of halogens is 1. The van der Waals surface area contributed by atoms with Gasteiger partial charge in [0.25, 0.3) is 0 Å². The topological polar surface area (TPSA) is 0 Å². The first kappa shape index (κ1) is 14.2. The summed E-state index contributed by atoms with van der Waals surface area (Å²) in [6.07, 6.45) is 0.968. The van der Waals surface area contributed by atoms with Crippen molar-refractivity contribution in [1.82, 2.24) is 0 Å². The molecule has 0 nitrogen and oxygen atoms in total. The van der Waals surface area contributed by atoms with Crippen molar-refractivity contribution in [3.05, 3.63) is 34.9 Å². The van der Waals surface area contributed by atoms with Gasteiger partial charge in [0, 0.05) is 0 Å². The van der Waals surface area contributed by atoms with Gasteiger partial charge in [-0.3, -0.25) is 0 Å². The fraction of sp³-hybridized carbons (Fsp3) is 0.571. The highest BCUT2D eigenvalue weighted by Gasteiger charge is 2.21. The highest BCUT2D eigenvalue weighted by atomic mass is 19.1. The van der Waals surface area contributed by atoms with Gasteiger partial charge in [0.15, 0.2) is 0 Å². The van der Waals surface area contributed by atoms with Crippen molar-refractivity contribution in [2.75, 3.05) is 0 Å². The third kappa shape index (κ3) is 3.65. The van der Waals surface area contributed by atoms with Crippen LogP contribution in [-0.2, 0) is 12.1 Å². The van der Waals surface area contributed by atoms with Crippen molar-refractivity contribution in [2.45, 2.75) is 53.6 Å². The van der Waals surface area contributed by atoms with Gasteiger partial charge in [-0.05, 0) is 43.9 Å². The van der Waals surface area contributed by atoms with E-state index in [4.69, 9.17) is 0 Å². The Bertz CT molecular complexity index is 295. The molecule has 0 N–H and O–H groups in total. The summed E-state index contributed by atoms with van der Waals surface area (Å²) < 4.78 is 13.7. The predicted octanol–water partition coefficient (Wildman–Crippen LogP) is 4.79. The molecule has 0 unspecified atom stereocenters. The molecule has 0 aromatic heterocycles. The van der Waals surface area contributed by atoms with E-state index in [9.17, 15) is 4.39 Å². The lowest BCUT2D eigenvalue weighted by Crippen LogP contribution is -2.12. The van der Waals surface area contributed by atoms with Crippen molar-refractivity contribution in [2.24, 2.45) is 0 Å². The number of rotatable bonds is 2. The molecule has 0 heterocycles. The monoisotopic (exact) mass is 210 g/mol. The first-order chi connectivity index (χ1) is 6.96. The summed E-state index contributed by atoms with van der Waals surface area (Å²) in [5, 5.41) is 0. The van der Waals surface area contributed by atoms with E-state index >= 15 is 0 Å². The van der Waals surface area contributed by atoms with E-state index in [1.807, 2.05) is 32.9 Å². The van der Waals surface area contributed by atoms with Gasteiger partial charge in [-0.2, -0.15) is 0 Å². The van der Waals surface area contributed by atoms with Crippen LogP contribution in [0.5, 0.6) is 0 Å². The first-order valence-corrected chi connectivity index (χ1v) is 5.74. The summed E-state index contributed by atoms with van der Waals surface area (Å²) in [6, 6.07) is 5.86. The molecule has 15 heavy (non-hydrogen) atoms. The third-order valence-corrected chi connectivity index (χ3v) is 2.47. The molecule has 0 aliphatic carbocycles. The maximum absolute atomic E-state index is 13.7. The van der Waals surface area contributed by atoms with Gasteiger partial charge in [-0.15, -0.1) is 0 Å². The Hall–Kier alpha value is -0.850. The summed E-state index contributed by atoms with van der Waals surface area (Å²) in [4.78, 5) is 0. The first-order valence-electron chi connectivity index (χ1n) is 5.74. The summed E-state index contributed by atoms with van der Waals surface area (Å²) >= 11 is 0. The van der Waals surface area contributed by atoms with Gasteiger partial charge in [0.2, 0.25) is 0 Å². The summed E-state index contributed by atoms with van der Waals surface area (Å²) in [5.74, 6) is 0. The van der Waals surface area contributed by atoms with E-state index in [0.29, 0.717) is 0 Å². The van der Waals surface area contributed by atoms with E-state index in [2.05, 4.69) is 13.0 Å². The molecular weight excluding hydrogens is 187 g/mol. The minimum Gasteiger partial charge on any atom is -0.239 e. The van der Waals surface area contributed by atoms with Crippen LogP contribution in [0.15, 0.2) is 18.2 Å². The summed E-state index contributed by atoms with van der Waals surface area (Å²) in [5.41, 5.74) is 1.92. The van der Waals surface area contributed by atoms with E-state index in [0.717, 1.165) is 17.5 Å². The Morgan fingerprint density at radius 3 is 2.13 bits per heavy atom. The normalized spacial score (nSPS) is 10.6. The number of aryl methyl sites for hydroxylation is 1. The minimum absolute atomic E-state index is 0.812. The molecule has 1 rings (SSSR count). The average molecular weight is 210 g/mol. The molecule has 0 amide bonds. The van der Waals surface area contributed by atoms with E-state index in [1.165, 1.54) is 5.56 Å². The van der Waals surface area contributed by atoms with Crippen LogP contribution in [-0.4, -0.2) is 0 Å². The Labute approximate surface area is 93.5 Å². The van der Waals surface area contributed by atoms with Crippen molar-refractivity contribution in [1.29, 1.82) is 0 Å². The zero-order valence-corrected chi connectivity index (χ0v) is 10.8. The Morgan fingerprint density at radius 2 is 1.73 bits per heavy atom. The lowest BCUT2D eigenvalue weighted by atomic mass is 9.91. The molecular formula is C14H23F. The van der Waals surface area contributed by atoms with Gasteiger partial charge >= 0.3 is 0 Å². The van der Waals surface area contributed by atoms with Crippen LogP contribution >= 0.6 is 0 Å². The fourth-order valence-electron chi connectivity index (χ4n) is 1.71. The zero-order valence-electron chi connectivity index (χ0n) is 10.8. The molecule has 1 heteroatoms. The molecule has 0 saturated heterocycles. The van der Waals surface area contributed by atoms with E-state index < -0.39 is 5.67 Å². The van der Waals surface area contributed by atoms with Crippen LogP contribution in [0.4, 0.5) is 4.39 Å². The van der Waals surface area contributed by atoms with Crippen LogP contribution in [0.2, 0.25) is 0 Å². The lowest BCUT2D eigenvalue weighted by molar-refractivity contribution is 0.220. The van der Waals surface area contributed by atoms with Crippen LogP contribution < -0.4 is 0 Å². The molecule has 0 saturated carbocycles. The largest absolute Gasteiger partial charge is 0.239 e. The van der Waals surface area contributed by atoms with E-state index in [1.54, 1.807) is 13.8 Å². The van der Waals surface area contributed by atoms with Crippen molar-refractivity contribution >= 4 is 0 Å². The van der Waals surface area contributed by atoms with Crippen LogP contribution in [0.25, 0.3) is 0 Å². The molecule has 0 spiro atoms.